The van der Waals surface area contributed by atoms with Gasteiger partial charge in [0.1, 0.15) is 5.75 Å². The van der Waals surface area contributed by atoms with E-state index in [1.54, 1.807) is 14.0 Å². The first-order chi connectivity index (χ1) is 9.99. The first-order valence-electron chi connectivity index (χ1n) is 6.36. The Morgan fingerprint density at radius 3 is 2.95 bits per heavy atom. The molecule has 0 saturated carbocycles. The lowest BCUT2D eigenvalue weighted by molar-refractivity contribution is 0.179. The third-order valence-electron chi connectivity index (χ3n) is 2.68. The van der Waals surface area contributed by atoms with Crippen LogP contribution in [0.2, 0.25) is 0 Å². The Labute approximate surface area is 129 Å². The Hall–Kier alpha value is -1.77. The van der Waals surface area contributed by atoms with E-state index in [4.69, 9.17) is 17.0 Å². The van der Waals surface area contributed by atoms with Gasteiger partial charge in [0.05, 0.1) is 25.1 Å². The molecular weight excluding hydrogens is 292 g/mol. The van der Waals surface area contributed by atoms with Crippen LogP contribution in [0.5, 0.6) is 5.75 Å². The van der Waals surface area contributed by atoms with Crippen LogP contribution < -0.4 is 10.7 Å². The Balaban J connectivity index is 2.69. The van der Waals surface area contributed by atoms with E-state index >= 15 is 0 Å². The van der Waals surface area contributed by atoms with Gasteiger partial charge in [-0.15, -0.1) is 0 Å². The van der Waals surface area contributed by atoms with Gasteiger partial charge < -0.3 is 20.3 Å². The fourth-order valence-corrected chi connectivity index (χ4v) is 1.88. The van der Waals surface area contributed by atoms with E-state index in [2.05, 4.69) is 20.8 Å². The maximum atomic E-state index is 9.93. The molecule has 21 heavy (non-hydrogen) atoms. The largest absolute Gasteiger partial charge is 0.505 e. The second kappa shape index (κ2) is 8.50. The third-order valence-corrected chi connectivity index (χ3v) is 2.89. The van der Waals surface area contributed by atoms with Crippen molar-refractivity contribution < 1.29 is 14.9 Å². The predicted octanol–water partition coefficient (Wildman–Crippen LogP) is 0.421. The molecule has 1 rings (SSSR count). The summed E-state index contributed by atoms with van der Waals surface area (Å²) in [5.41, 5.74) is 3.99. The van der Waals surface area contributed by atoms with Gasteiger partial charge in [-0.25, -0.2) is 0 Å². The molecule has 1 atom stereocenters. The molecule has 7 nitrogen and oxygen atoms in total. The van der Waals surface area contributed by atoms with E-state index < -0.39 is 0 Å². The van der Waals surface area contributed by atoms with Crippen molar-refractivity contribution in [3.05, 3.63) is 23.0 Å². The normalized spacial score (nSPS) is 12.4. The maximum Gasteiger partial charge on any atom is 0.187 e. The average Bonchev–Trinajstić information content (AvgIpc) is 2.43. The average molecular weight is 312 g/mol. The summed E-state index contributed by atoms with van der Waals surface area (Å²) >= 11 is 5.06. The first kappa shape index (κ1) is 17.3. The molecule has 0 aliphatic rings. The van der Waals surface area contributed by atoms with Crippen molar-refractivity contribution in [1.82, 2.24) is 15.7 Å². The molecule has 0 bridgehead atoms. The number of methoxy groups -OCH3 is 1. The minimum atomic E-state index is -0.240. The topological polar surface area (TPSA) is 99.0 Å². The fourth-order valence-electron chi connectivity index (χ4n) is 1.63. The summed E-state index contributed by atoms with van der Waals surface area (Å²) in [5.74, 6) is -0.0151. The number of hydrogen-bond donors (Lipinski definition) is 4. The number of pyridine rings is 1. The minimum Gasteiger partial charge on any atom is -0.505 e. The second-order valence-corrected chi connectivity index (χ2v) is 4.90. The molecule has 0 unspecified atom stereocenters. The molecular formula is C13H20N4O3S. The third kappa shape index (κ3) is 5.25. The number of hydrogen-bond acceptors (Lipinski definition) is 6. The summed E-state index contributed by atoms with van der Waals surface area (Å²) < 4.78 is 4.98. The zero-order chi connectivity index (χ0) is 15.8. The Kier molecular flexibility index (Phi) is 7.00. The number of rotatable bonds is 6. The summed E-state index contributed by atoms with van der Waals surface area (Å²) in [4.78, 5) is 3.97. The van der Waals surface area contributed by atoms with Crippen LogP contribution >= 0.6 is 12.2 Å². The van der Waals surface area contributed by atoms with Crippen LogP contribution in [0.1, 0.15) is 23.7 Å². The predicted molar refractivity (Wildman–Crippen MR) is 84.4 cm³/mol. The van der Waals surface area contributed by atoms with Gasteiger partial charge in [-0.1, -0.05) is 0 Å². The smallest absolute Gasteiger partial charge is 0.187 e. The van der Waals surface area contributed by atoms with Gasteiger partial charge in [0.25, 0.3) is 0 Å². The van der Waals surface area contributed by atoms with Crippen LogP contribution in [-0.2, 0) is 11.3 Å². The van der Waals surface area contributed by atoms with E-state index in [9.17, 15) is 10.2 Å². The van der Waals surface area contributed by atoms with Gasteiger partial charge in [0.15, 0.2) is 5.11 Å². The maximum absolute atomic E-state index is 9.93. The molecule has 0 spiro atoms. The second-order valence-electron chi connectivity index (χ2n) is 4.49. The lowest BCUT2D eigenvalue weighted by atomic mass is 10.1. The SMILES string of the molecule is COC[C@H](C)NC(=S)N/N=C/c1c(CO)cnc(C)c1O. The van der Waals surface area contributed by atoms with Crippen molar-refractivity contribution in [1.29, 1.82) is 0 Å². The van der Waals surface area contributed by atoms with Crippen molar-refractivity contribution in [3.8, 4) is 5.75 Å². The Morgan fingerprint density at radius 1 is 1.62 bits per heavy atom. The molecule has 1 aromatic heterocycles. The van der Waals surface area contributed by atoms with Crippen LogP contribution in [-0.4, -0.2) is 46.3 Å². The Morgan fingerprint density at radius 2 is 2.33 bits per heavy atom. The molecule has 4 N–H and O–H groups in total. The zero-order valence-electron chi connectivity index (χ0n) is 12.3. The molecule has 0 radical (unpaired) electrons. The van der Waals surface area contributed by atoms with Crippen molar-refractivity contribution in [3.63, 3.8) is 0 Å². The molecule has 1 aromatic rings. The highest BCUT2D eigenvalue weighted by Gasteiger charge is 2.09. The van der Waals surface area contributed by atoms with Gasteiger partial charge in [0, 0.05) is 30.5 Å². The molecule has 0 fully saturated rings. The quantitative estimate of drug-likeness (QED) is 0.343. The van der Waals surface area contributed by atoms with Gasteiger partial charge in [-0.3, -0.25) is 10.4 Å². The number of thiocarbonyl (C=S) groups is 1. The summed E-state index contributed by atoms with van der Waals surface area (Å²) in [6.45, 7) is 3.86. The van der Waals surface area contributed by atoms with Crippen molar-refractivity contribution in [2.45, 2.75) is 26.5 Å². The molecule has 116 valence electrons. The minimum absolute atomic E-state index is 0.0151. The standard InChI is InChI=1S/C13H20N4O3S/c1-8(7-20-3)16-13(21)17-15-5-11-10(6-18)4-14-9(2)12(11)19/h4-5,8,18-19H,6-7H2,1-3H3,(H2,16,17,21)/b15-5+/t8-/m0/s1. The summed E-state index contributed by atoms with van der Waals surface area (Å²) in [5, 5.41) is 26.4. The number of aromatic hydroxyl groups is 1. The monoisotopic (exact) mass is 312 g/mol. The summed E-state index contributed by atoms with van der Waals surface area (Å²) in [6.07, 6.45) is 2.89. The van der Waals surface area contributed by atoms with E-state index in [0.29, 0.717) is 28.5 Å². The van der Waals surface area contributed by atoms with Crippen LogP contribution in [0.4, 0.5) is 0 Å². The van der Waals surface area contributed by atoms with E-state index in [-0.39, 0.29) is 18.4 Å². The van der Waals surface area contributed by atoms with Crippen LogP contribution in [0.3, 0.4) is 0 Å². The van der Waals surface area contributed by atoms with E-state index in [0.717, 1.165) is 0 Å². The van der Waals surface area contributed by atoms with Gasteiger partial charge in [-0.2, -0.15) is 5.10 Å². The summed E-state index contributed by atoms with van der Waals surface area (Å²) in [6, 6.07) is 0.0507. The molecule has 1 heterocycles. The first-order valence-corrected chi connectivity index (χ1v) is 6.77. The number of nitrogens with zero attached hydrogens (tertiary/aromatic N) is 2. The van der Waals surface area contributed by atoms with Gasteiger partial charge in [-0.05, 0) is 26.1 Å². The molecule has 0 aliphatic carbocycles. The van der Waals surface area contributed by atoms with Crippen LogP contribution in [0.25, 0.3) is 0 Å². The van der Waals surface area contributed by atoms with Gasteiger partial charge >= 0.3 is 0 Å². The summed E-state index contributed by atoms with van der Waals surface area (Å²) in [7, 11) is 1.61. The zero-order valence-corrected chi connectivity index (χ0v) is 13.1. The molecule has 0 saturated heterocycles. The van der Waals surface area contributed by atoms with Crippen molar-refractivity contribution in [2.24, 2.45) is 5.10 Å². The van der Waals surface area contributed by atoms with Crippen LogP contribution in [0.15, 0.2) is 11.3 Å². The number of aliphatic hydroxyl groups is 1. The van der Waals surface area contributed by atoms with E-state index in [1.807, 2.05) is 6.92 Å². The number of ether oxygens (including phenoxy) is 1. The van der Waals surface area contributed by atoms with Crippen molar-refractivity contribution in [2.75, 3.05) is 13.7 Å². The van der Waals surface area contributed by atoms with Gasteiger partial charge in [0.2, 0.25) is 0 Å². The lowest BCUT2D eigenvalue weighted by Crippen LogP contribution is -2.40. The number of aliphatic hydroxyl groups excluding tert-OH is 1. The van der Waals surface area contributed by atoms with E-state index in [1.165, 1.54) is 12.4 Å². The lowest BCUT2D eigenvalue weighted by Gasteiger charge is -2.14. The number of aromatic nitrogens is 1. The highest BCUT2D eigenvalue weighted by molar-refractivity contribution is 7.80. The highest BCUT2D eigenvalue weighted by Crippen LogP contribution is 2.21. The Bertz CT molecular complexity index is 522. The number of hydrazone groups is 1. The number of aryl methyl sites for hydroxylation is 1. The van der Waals surface area contributed by atoms with Crippen LogP contribution in [0, 0.1) is 6.92 Å². The molecule has 0 aromatic carbocycles. The number of nitrogens with one attached hydrogen (secondary N) is 2. The highest BCUT2D eigenvalue weighted by atomic mass is 32.1. The fraction of sp³-hybridized carbons (Fsp3) is 0.462. The molecule has 0 aliphatic heterocycles. The van der Waals surface area contributed by atoms with Crippen molar-refractivity contribution >= 4 is 23.5 Å². The molecule has 8 heteroatoms. The molecule has 0 amide bonds.